The number of halogens is 8. The van der Waals surface area contributed by atoms with Crippen LogP contribution in [0.5, 0.6) is 0 Å². The Balaban J connectivity index is 1.21. The summed E-state index contributed by atoms with van der Waals surface area (Å²) in [5.41, 5.74) is -4.95. The van der Waals surface area contributed by atoms with E-state index in [-0.39, 0.29) is 23.6 Å². The van der Waals surface area contributed by atoms with Crippen LogP contribution < -0.4 is 10.6 Å². The van der Waals surface area contributed by atoms with Gasteiger partial charge in [-0.3, -0.25) is 0 Å². The van der Waals surface area contributed by atoms with Crippen molar-refractivity contribution in [2.75, 3.05) is 35.4 Å². The Hall–Kier alpha value is -2.88. The molecule has 0 radical (unpaired) electrons. The Bertz CT molecular complexity index is 1260. The molecule has 2 aromatic rings. The minimum atomic E-state index is -1.88. The van der Waals surface area contributed by atoms with Crippen LogP contribution in [0.15, 0.2) is 0 Å². The number of rotatable bonds is 13. The number of hydrogen-bond acceptors (Lipinski definition) is 8. The maximum Gasteiger partial charge on any atom is 0.344 e. The molecule has 0 saturated heterocycles. The van der Waals surface area contributed by atoms with Gasteiger partial charge in [-0.05, 0) is 25.7 Å². The fourth-order valence-electron chi connectivity index (χ4n) is 5.38. The fraction of sp³-hybridized carbons (Fsp3) is 0.533. The number of nitrogens with one attached hydrogen (secondary N) is 2. The Labute approximate surface area is 268 Å². The molecule has 0 atom stereocenters. The lowest BCUT2D eigenvalue weighted by Crippen LogP contribution is -2.25. The van der Waals surface area contributed by atoms with Crippen LogP contribution in [0.2, 0.25) is 0 Å². The summed E-state index contributed by atoms with van der Waals surface area (Å²) >= 11 is 0. The summed E-state index contributed by atoms with van der Waals surface area (Å²) in [5.74, 6) is -17.6. The first-order valence-corrected chi connectivity index (χ1v) is 17.3. The van der Waals surface area contributed by atoms with Crippen molar-refractivity contribution in [2.24, 2.45) is 0 Å². The molecule has 2 aliphatic carbocycles. The van der Waals surface area contributed by atoms with Gasteiger partial charge in [0.15, 0.2) is 46.5 Å². The highest BCUT2D eigenvalue weighted by Gasteiger charge is 2.33. The number of anilines is 2. The average Bonchev–Trinajstić information content (AvgIpc) is 3.05. The molecule has 2 N–H and O–H groups in total. The Kier molecular flexibility index (Phi) is 13.1. The second-order valence-corrected chi connectivity index (χ2v) is 13.6. The molecule has 254 valence electrons. The highest BCUT2D eigenvalue weighted by Crippen LogP contribution is 2.33. The summed E-state index contributed by atoms with van der Waals surface area (Å²) in [6.07, 6.45) is 7.39. The predicted octanol–water partition coefficient (Wildman–Crippen LogP) is 8.68. The van der Waals surface area contributed by atoms with Crippen LogP contribution in [-0.4, -0.2) is 48.7 Å². The fourth-order valence-corrected chi connectivity index (χ4v) is 7.03. The molecule has 0 aromatic heterocycles. The molecule has 0 bridgehead atoms. The summed E-state index contributed by atoms with van der Waals surface area (Å²) in [4.78, 5) is 24.4. The van der Waals surface area contributed by atoms with Crippen molar-refractivity contribution in [3.63, 3.8) is 0 Å². The minimum absolute atomic E-state index is 0.0228. The van der Waals surface area contributed by atoms with E-state index in [4.69, 9.17) is 9.47 Å². The quantitative estimate of drug-likeness (QED) is 0.0707. The second kappa shape index (κ2) is 16.8. The molecule has 0 amide bonds. The molecule has 2 fully saturated rings. The molecule has 46 heavy (non-hydrogen) atoms. The molecular formula is C30H32F8N2O4S2. The molecule has 16 heteroatoms. The molecule has 2 aromatic carbocycles. The van der Waals surface area contributed by atoms with Crippen molar-refractivity contribution in [3.8, 4) is 0 Å². The molecule has 2 saturated carbocycles. The minimum Gasteiger partial charge on any atom is -0.461 e. The van der Waals surface area contributed by atoms with E-state index in [9.17, 15) is 44.7 Å². The Morgan fingerprint density at radius 1 is 0.522 bits per heavy atom. The van der Waals surface area contributed by atoms with Crippen molar-refractivity contribution in [1.29, 1.82) is 0 Å². The van der Waals surface area contributed by atoms with Crippen molar-refractivity contribution < 1.29 is 54.2 Å². The summed E-state index contributed by atoms with van der Waals surface area (Å²) in [5, 5.41) is 4.98. The SMILES string of the molecule is O=C(OCCSSCCOC(=O)c1c(F)c(F)c(NC2CCCCC2)c(F)c1F)c1c(F)c(F)c(NC2CCCCC2)c(F)c1F. The lowest BCUT2D eigenvalue weighted by molar-refractivity contribution is 0.0506. The maximum absolute atomic E-state index is 14.6. The molecular weight excluding hydrogens is 668 g/mol. The number of benzene rings is 2. The summed E-state index contributed by atoms with van der Waals surface area (Å²) in [6, 6.07) is -0.721. The molecule has 6 nitrogen and oxygen atoms in total. The summed E-state index contributed by atoms with van der Waals surface area (Å²) in [7, 11) is 2.06. The second-order valence-electron chi connectivity index (χ2n) is 10.9. The first kappa shape index (κ1) is 36.0. The smallest absolute Gasteiger partial charge is 0.344 e. The van der Waals surface area contributed by atoms with E-state index in [1.165, 1.54) is 0 Å². The van der Waals surface area contributed by atoms with Gasteiger partial charge in [-0.25, -0.2) is 44.7 Å². The van der Waals surface area contributed by atoms with Crippen molar-refractivity contribution in [1.82, 2.24) is 0 Å². The molecule has 0 aliphatic heterocycles. The molecule has 0 unspecified atom stereocenters. The third-order valence-corrected chi connectivity index (χ3v) is 10.1. The van der Waals surface area contributed by atoms with Crippen LogP contribution >= 0.6 is 21.6 Å². The van der Waals surface area contributed by atoms with Gasteiger partial charge in [0.05, 0.1) is 0 Å². The third-order valence-electron chi connectivity index (χ3n) is 7.73. The van der Waals surface area contributed by atoms with Gasteiger partial charge in [0.2, 0.25) is 0 Å². The van der Waals surface area contributed by atoms with Crippen LogP contribution in [0.4, 0.5) is 46.5 Å². The van der Waals surface area contributed by atoms with Crippen LogP contribution in [0, 0.1) is 46.5 Å². The van der Waals surface area contributed by atoms with Gasteiger partial charge in [0.1, 0.15) is 35.7 Å². The topological polar surface area (TPSA) is 76.7 Å². The van der Waals surface area contributed by atoms with Gasteiger partial charge in [0, 0.05) is 23.6 Å². The predicted molar refractivity (Wildman–Crippen MR) is 159 cm³/mol. The van der Waals surface area contributed by atoms with Gasteiger partial charge < -0.3 is 20.1 Å². The number of carbonyl (C=O) groups excluding carboxylic acids is 2. The standard InChI is InChI=1S/C30H32F8N2O4S2/c31-19-17(20(32)24(36)27(23(19)35)39-15-7-3-1-4-8-15)29(41)43-11-13-45-46-14-12-44-30(42)18-21(33)25(37)28(26(38)22(18)34)40-16-9-5-2-6-10-16/h15-16,39-40H,1-14H2. The third kappa shape index (κ3) is 8.52. The van der Waals surface area contributed by atoms with Crippen molar-refractivity contribution in [3.05, 3.63) is 57.7 Å². The zero-order valence-electron chi connectivity index (χ0n) is 24.5. The maximum atomic E-state index is 14.6. The van der Waals surface area contributed by atoms with E-state index in [0.717, 1.165) is 60.1 Å². The van der Waals surface area contributed by atoms with Crippen LogP contribution in [0.3, 0.4) is 0 Å². The molecule has 4 rings (SSSR count). The van der Waals surface area contributed by atoms with Gasteiger partial charge in [0.25, 0.3) is 0 Å². The average molecular weight is 701 g/mol. The lowest BCUT2D eigenvalue weighted by atomic mass is 9.95. The monoisotopic (exact) mass is 700 g/mol. The Morgan fingerprint density at radius 3 is 1.13 bits per heavy atom. The highest BCUT2D eigenvalue weighted by molar-refractivity contribution is 8.76. The van der Waals surface area contributed by atoms with E-state index in [1.807, 2.05) is 0 Å². The number of esters is 2. The molecule has 0 heterocycles. The van der Waals surface area contributed by atoms with Crippen LogP contribution in [0.1, 0.15) is 84.9 Å². The lowest BCUT2D eigenvalue weighted by Gasteiger charge is -2.24. The van der Waals surface area contributed by atoms with Gasteiger partial charge >= 0.3 is 11.9 Å². The van der Waals surface area contributed by atoms with E-state index in [2.05, 4.69) is 10.6 Å². The zero-order valence-corrected chi connectivity index (χ0v) is 26.2. The van der Waals surface area contributed by atoms with E-state index >= 15 is 0 Å². The molecule has 2 aliphatic rings. The zero-order chi connectivity index (χ0) is 33.4. The van der Waals surface area contributed by atoms with Crippen molar-refractivity contribution in [2.45, 2.75) is 76.3 Å². The van der Waals surface area contributed by atoms with Gasteiger partial charge in [-0.1, -0.05) is 60.1 Å². The first-order valence-electron chi connectivity index (χ1n) is 14.9. The number of carbonyl (C=O) groups is 2. The van der Waals surface area contributed by atoms with Crippen LogP contribution in [0.25, 0.3) is 0 Å². The normalized spacial score (nSPS) is 15.9. The van der Waals surface area contributed by atoms with Crippen molar-refractivity contribution >= 4 is 44.9 Å². The largest absolute Gasteiger partial charge is 0.461 e. The number of ether oxygens (including phenoxy) is 2. The first-order chi connectivity index (χ1) is 22.0. The number of hydrogen-bond donors (Lipinski definition) is 2. The van der Waals surface area contributed by atoms with E-state index in [1.54, 1.807) is 0 Å². The highest BCUT2D eigenvalue weighted by atomic mass is 33.1. The van der Waals surface area contributed by atoms with Gasteiger partial charge in [-0.2, -0.15) is 0 Å². The Morgan fingerprint density at radius 2 is 0.826 bits per heavy atom. The van der Waals surface area contributed by atoms with Gasteiger partial charge in [-0.15, -0.1) is 0 Å². The van der Waals surface area contributed by atoms with Crippen LogP contribution in [-0.2, 0) is 9.47 Å². The van der Waals surface area contributed by atoms with E-state index in [0.29, 0.717) is 25.7 Å². The summed E-state index contributed by atoms with van der Waals surface area (Å²) in [6.45, 7) is -0.840. The molecule has 0 spiro atoms. The summed E-state index contributed by atoms with van der Waals surface area (Å²) < 4.78 is 126. The van der Waals surface area contributed by atoms with E-state index < -0.39 is 94.2 Å².